The number of carbonyl (C=O) groups excluding carboxylic acids is 1. The number of hydrogen-bond acceptors (Lipinski definition) is 7. The summed E-state index contributed by atoms with van der Waals surface area (Å²) < 4.78 is 26.3. The molecule has 11 heteroatoms. The average Bonchev–Trinajstić information content (AvgIpc) is 3.09. The van der Waals surface area contributed by atoms with Gasteiger partial charge in [0.1, 0.15) is 11.6 Å². The smallest absolute Gasteiger partial charge is 0.255 e. The summed E-state index contributed by atoms with van der Waals surface area (Å²) >= 11 is 4.94. The third kappa shape index (κ3) is 6.11. The van der Waals surface area contributed by atoms with Crippen LogP contribution >= 0.6 is 27.7 Å². The molecule has 0 bridgehead atoms. The highest BCUT2D eigenvalue weighted by atomic mass is 79.9. The SMILES string of the molecule is COc1cc(CNn2c(C)nnc2SCc2ccc(F)cc2)cc(Br)c1OCC(N)=O. The predicted molar refractivity (Wildman–Crippen MR) is 119 cm³/mol. The molecule has 0 aliphatic rings. The number of carbonyl (C=O) groups is 1. The van der Waals surface area contributed by atoms with Gasteiger partial charge < -0.3 is 20.6 Å². The van der Waals surface area contributed by atoms with Crippen LogP contribution in [0.2, 0.25) is 0 Å². The number of ether oxygens (including phenoxy) is 2. The van der Waals surface area contributed by atoms with Crippen molar-refractivity contribution in [2.45, 2.75) is 24.4 Å². The molecule has 3 rings (SSSR count). The van der Waals surface area contributed by atoms with Crippen LogP contribution in [-0.2, 0) is 17.1 Å². The minimum Gasteiger partial charge on any atom is -0.493 e. The van der Waals surface area contributed by atoms with E-state index in [1.54, 1.807) is 22.9 Å². The van der Waals surface area contributed by atoms with E-state index in [0.717, 1.165) is 11.1 Å². The van der Waals surface area contributed by atoms with Crippen LogP contribution in [0.15, 0.2) is 46.0 Å². The number of halogens is 2. The molecule has 8 nitrogen and oxygen atoms in total. The summed E-state index contributed by atoms with van der Waals surface area (Å²) in [5.41, 5.74) is 10.3. The molecule has 0 spiro atoms. The molecule has 2 aromatic carbocycles. The van der Waals surface area contributed by atoms with Gasteiger partial charge in [0, 0.05) is 5.75 Å². The van der Waals surface area contributed by atoms with E-state index in [2.05, 4.69) is 31.6 Å². The molecule has 1 aromatic heterocycles. The van der Waals surface area contributed by atoms with Gasteiger partial charge in [-0.2, -0.15) is 0 Å². The lowest BCUT2D eigenvalue weighted by atomic mass is 10.2. The number of methoxy groups -OCH3 is 1. The molecule has 0 saturated heterocycles. The highest BCUT2D eigenvalue weighted by Gasteiger charge is 2.14. The van der Waals surface area contributed by atoms with Crippen molar-refractivity contribution in [1.82, 2.24) is 14.9 Å². The molecule has 0 radical (unpaired) electrons. The Morgan fingerprint density at radius 3 is 2.68 bits per heavy atom. The van der Waals surface area contributed by atoms with E-state index in [4.69, 9.17) is 15.2 Å². The van der Waals surface area contributed by atoms with Crippen LogP contribution in [0.5, 0.6) is 11.5 Å². The fourth-order valence-corrected chi connectivity index (χ4v) is 4.19. The van der Waals surface area contributed by atoms with Crippen molar-refractivity contribution in [3.8, 4) is 11.5 Å². The van der Waals surface area contributed by atoms with Crippen LogP contribution in [-0.4, -0.2) is 34.5 Å². The van der Waals surface area contributed by atoms with Crippen LogP contribution in [0.3, 0.4) is 0 Å². The topological polar surface area (TPSA) is 104 Å². The Hall–Kier alpha value is -2.79. The number of aromatic nitrogens is 3. The molecule has 3 aromatic rings. The number of aryl methyl sites for hydroxylation is 1. The van der Waals surface area contributed by atoms with Gasteiger partial charge in [0.25, 0.3) is 5.91 Å². The third-order valence-electron chi connectivity index (χ3n) is 4.17. The van der Waals surface area contributed by atoms with E-state index in [-0.39, 0.29) is 12.4 Å². The van der Waals surface area contributed by atoms with Gasteiger partial charge in [-0.05, 0) is 58.2 Å². The first-order valence-electron chi connectivity index (χ1n) is 9.18. The molecule has 31 heavy (non-hydrogen) atoms. The second-order valence-electron chi connectivity index (χ2n) is 6.48. The molecular formula is C20H21BrFN5O3S. The summed E-state index contributed by atoms with van der Waals surface area (Å²) in [6.45, 7) is 2.05. The Morgan fingerprint density at radius 2 is 2.00 bits per heavy atom. The van der Waals surface area contributed by atoms with Gasteiger partial charge in [0.05, 0.1) is 18.1 Å². The normalized spacial score (nSPS) is 10.7. The standard InChI is InChI=1S/C20H21BrFN5O3S/c1-12-25-26-20(31-11-13-3-5-15(22)6-4-13)27(12)24-9-14-7-16(21)19(17(8-14)29-2)30-10-18(23)28/h3-8,24H,9-11H2,1-2H3,(H2,23,28). The molecule has 3 N–H and O–H groups in total. The van der Waals surface area contributed by atoms with E-state index in [0.29, 0.717) is 39.3 Å². The fraction of sp³-hybridized carbons (Fsp3) is 0.250. The lowest BCUT2D eigenvalue weighted by molar-refractivity contribution is -0.119. The van der Waals surface area contributed by atoms with Crippen molar-refractivity contribution < 1.29 is 18.7 Å². The van der Waals surface area contributed by atoms with Crippen molar-refractivity contribution in [3.63, 3.8) is 0 Å². The largest absolute Gasteiger partial charge is 0.493 e. The number of nitrogens with zero attached hydrogens (tertiary/aromatic N) is 3. The minimum atomic E-state index is -0.576. The first-order valence-corrected chi connectivity index (χ1v) is 11.0. The number of benzene rings is 2. The first kappa shape index (κ1) is 22.9. The molecular weight excluding hydrogens is 489 g/mol. The van der Waals surface area contributed by atoms with Gasteiger partial charge in [-0.3, -0.25) is 4.79 Å². The van der Waals surface area contributed by atoms with Gasteiger partial charge >= 0.3 is 0 Å². The Labute approximate surface area is 191 Å². The van der Waals surface area contributed by atoms with Gasteiger partial charge in [-0.15, -0.1) is 10.2 Å². The lowest BCUT2D eigenvalue weighted by Gasteiger charge is -2.15. The van der Waals surface area contributed by atoms with Crippen molar-refractivity contribution in [2.75, 3.05) is 19.1 Å². The van der Waals surface area contributed by atoms with E-state index in [1.807, 2.05) is 13.0 Å². The number of nitrogens with two attached hydrogens (primary N) is 1. The molecule has 0 atom stereocenters. The lowest BCUT2D eigenvalue weighted by Crippen LogP contribution is -2.20. The summed E-state index contributed by atoms with van der Waals surface area (Å²) in [7, 11) is 1.52. The fourth-order valence-electron chi connectivity index (χ4n) is 2.68. The number of hydrogen-bond donors (Lipinski definition) is 2. The Bertz CT molecular complexity index is 1060. The van der Waals surface area contributed by atoms with Crippen LogP contribution in [0.1, 0.15) is 17.0 Å². The van der Waals surface area contributed by atoms with E-state index < -0.39 is 5.91 Å². The van der Waals surface area contributed by atoms with Gasteiger partial charge in [0.15, 0.2) is 18.1 Å². The molecule has 0 fully saturated rings. The number of nitrogens with one attached hydrogen (secondary N) is 1. The summed E-state index contributed by atoms with van der Waals surface area (Å²) in [4.78, 5) is 11.0. The van der Waals surface area contributed by atoms with Crippen molar-refractivity contribution in [1.29, 1.82) is 0 Å². The maximum absolute atomic E-state index is 13.1. The summed E-state index contributed by atoms with van der Waals surface area (Å²) in [6, 6.07) is 10.0. The number of rotatable bonds is 10. The highest BCUT2D eigenvalue weighted by Crippen LogP contribution is 2.36. The van der Waals surface area contributed by atoms with Gasteiger partial charge in [-0.1, -0.05) is 23.9 Å². The zero-order chi connectivity index (χ0) is 22.4. The van der Waals surface area contributed by atoms with Crippen molar-refractivity contribution in [3.05, 3.63) is 63.6 Å². The highest BCUT2D eigenvalue weighted by molar-refractivity contribution is 9.10. The third-order valence-corrected chi connectivity index (χ3v) is 5.75. The summed E-state index contributed by atoms with van der Waals surface area (Å²) in [5.74, 6) is 1.37. The molecule has 164 valence electrons. The zero-order valence-electron chi connectivity index (χ0n) is 16.9. The van der Waals surface area contributed by atoms with E-state index in [9.17, 15) is 9.18 Å². The maximum atomic E-state index is 13.1. The first-order chi connectivity index (χ1) is 14.9. The van der Waals surface area contributed by atoms with Crippen LogP contribution < -0.4 is 20.6 Å². The van der Waals surface area contributed by atoms with Crippen LogP contribution in [0, 0.1) is 12.7 Å². The average molecular weight is 510 g/mol. The summed E-state index contributed by atoms with van der Waals surface area (Å²) in [5, 5.41) is 9.03. The molecule has 1 amide bonds. The Balaban J connectivity index is 1.69. The second kappa shape index (κ2) is 10.5. The number of primary amides is 1. The molecule has 0 aliphatic carbocycles. The summed E-state index contributed by atoms with van der Waals surface area (Å²) in [6.07, 6.45) is 0. The van der Waals surface area contributed by atoms with E-state index in [1.165, 1.54) is 31.0 Å². The van der Waals surface area contributed by atoms with Gasteiger partial charge in [-0.25, -0.2) is 9.07 Å². The minimum absolute atomic E-state index is 0.249. The van der Waals surface area contributed by atoms with Crippen molar-refractivity contribution in [2.24, 2.45) is 5.73 Å². The van der Waals surface area contributed by atoms with Gasteiger partial charge in [0.2, 0.25) is 5.16 Å². The molecule has 0 aliphatic heterocycles. The van der Waals surface area contributed by atoms with Crippen LogP contribution in [0.4, 0.5) is 4.39 Å². The number of amides is 1. The molecule has 0 saturated carbocycles. The Kier molecular flexibility index (Phi) is 7.75. The zero-order valence-corrected chi connectivity index (χ0v) is 19.3. The van der Waals surface area contributed by atoms with Crippen LogP contribution in [0.25, 0.3) is 0 Å². The van der Waals surface area contributed by atoms with E-state index >= 15 is 0 Å². The quantitative estimate of drug-likeness (QED) is 0.403. The monoisotopic (exact) mass is 509 g/mol. The molecule has 1 heterocycles. The number of thioether (sulfide) groups is 1. The van der Waals surface area contributed by atoms with Crippen molar-refractivity contribution >= 4 is 33.6 Å². The second-order valence-corrected chi connectivity index (χ2v) is 8.28. The predicted octanol–water partition coefficient (Wildman–Crippen LogP) is 3.40. The maximum Gasteiger partial charge on any atom is 0.255 e. The Morgan fingerprint density at radius 1 is 1.26 bits per heavy atom. The molecule has 0 unspecified atom stereocenters.